The molecule has 1 aliphatic rings. The molecule has 1 heterocycles. The molecule has 1 aromatic rings. The first kappa shape index (κ1) is 18.1. The van der Waals surface area contributed by atoms with Gasteiger partial charge in [-0.2, -0.15) is 16.1 Å². The van der Waals surface area contributed by atoms with E-state index in [0.717, 1.165) is 5.75 Å². The Morgan fingerprint density at radius 2 is 2.04 bits per heavy atom. The Labute approximate surface area is 140 Å². The molecule has 0 saturated carbocycles. The third kappa shape index (κ3) is 3.47. The van der Waals surface area contributed by atoms with Crippen LogP contribution in [0.1, 0.15) is 13.3 Å². The first-order valence-corrected chi connectivity index (χ1v) is 9.65. The fourth-order valence-corrected chi connectivity index (χ4v) is 5.49. The number of benzene rings is 1. The molecule has 1 atom stereocenters. The fraction of sp³-hybridized carbons (Fsp3) is 0.500. The quantitative estimate of drug-likeness (QED) is 0.616. The van der Waals surface area contributed by atoms with Crippen LogP contribution in [0.2, 0.25) is 0 Å². The highest BCUT2D eigenvalue weighted by Crippen LogP contribution is 2.32. The molecular formula is C14H20N2O5S2. The third-order valence-corrected chi connectivity index (χ3v) is 7.20. The van der Waals surface area contributed by atoms with E-state index in [9.17, 15) is 13.2 Å². The standard InChI is InChI=1S/C14H20N2O5S2/c1-14(13(17)15-18)10-22-9-3-8-16(14)23(19,20)12-6-4-11(21-2)5-7-12/h4-7,18H,3,8-10H2,1-2H3,(H,15,17). The number of nitrogens with one attached hydrogen (secondary N) is 1. The number of hydroxylamine groups is 1. The lowest BCUT2D eigenvalue weighted by Gasteiger charge is -2.36. The fourth-order valence-electron chi connectivity index (χ4n) is 2.46. The van der Waals surface area contributed by atoms with E-state index >= 15 is 0 Å². The number of sulfonamides is 1. The van der Waals surface area contributed by atoms with E-state index in [1.807, 2.05) is 0 Å². The molecule has 128 valence electrons. The topological polar surface area (TPSA) is 95.9 Å². The van der Waals surface area contributed by atoms with E-state index in [4.69, 9.17) is 9.94 Å². The van der Waals surface area contributed by atoms with Crippen LogP contribution < -0.4 is 10.2 Å². The molecule has 7 nitrogen and oxygen atoms in total. The van der Waals surface area contributed by atoms with E-state index in [-0.39, 0.29) is 17.2 Å². The van der Waals surface area contributed by atoms with Gasteiger partial charge in [0, 0.05) is 12.3 Å². The lowest BCUT2D eigenvalue weighted by molar-refractivity contribution is -0.137. The summed E-state index contributed by atoms with van der Waals surface area (Å²) in [6, 6.07) is 6.01. The van der Waals surface area contributed by atoms with E-state index in [1.165, 1.54) is 42.2 Å². The van der Waals surface area contributed by atoms with Crippen LogP contribution in [0.25, 0.3) is 0 Å². The molecule has 2 N–H and O–H groups in total. The summed E-state index contributed by atoms with van der Waals surface area (Å²) in [6.07, 6.45) is 0.633. The van der Waals surface area contributed by atoms with Gasteiger partial charge in [-0.05, 0) is 43.4 Å². The summed E-state index contributed by atoms with van der Waals surface area (Å²) in [4.78, 5) is 12.2. The summed E-state index contributed by atoms with van der Waals surface area (Å²) in [5, 5.41) is 9.02. The number of carbonyl (C=O) groups excluding carboxylic acids is 1. The molecule has 1 aromatic carbocycles. The van der Waals surface area contributed by atoms with Gasteiger partial charge in [-0.1, -0.05) is 0 Å². The summed E-state index contributed by atoms with van der Waals surface area (Å²) in [5.41, 5.74) is 0.244. The molecule has 1 aliphatic heterocycles. The van der Waals surface area contributed by atoms with E-state index < -0.39 is 21.5 Å². The maximum Gasteiger partial charge on any atom is 0.265 e. The molecule has 2 rings (SSSR count). The highest BCUT2D eigenvalue weighted by Gasteiger charge is 2.47. The highest BCUT2D eigenvalue weighted by molar-refractivity contribution is 7.99. The maximum atomic E-state index is 13.0. The van der Waals surface area contributed by atoms with Crippen molar-refractivity contribution < 1.29 is 23.2 Å². The minimum absolute atomic E-state index is 0.0853. The molecule has 9 heteroatoms. The van der Waals surface area contributed by atoms with Crippen LogP contribution in [0.3, 0.4) is 0 Å². The predicted molar refractivity (Wildman–Crippen MR) is 87.2 cm³/mol. The normalized spacial score (nSPS) is 23.1. The minimum Gasteiger partial charge on any atom is -0.497 e. The van der Waals surface area contributed by atoms with Crippen molar-refractivity contribution in [2.75, 3.05) is 25.2 Å². The van der Waals surface area contributed by atoms with E-state index in [2.05, 4.69) is 0 Å². The van der Waals surface area contributed by atoms with Crippen LogP contribution in [0.15, 0.2) is 29.2 Å². The monoisotopic (exact) mass is 360 g/mol. The second kappa shape index (κ2) is 7.08. The molecule has 1 amide bonds. The first-order valence-electron chi connectivity index (χ1n) is 7.05. The molecule has 0 radical (unpaired) electrons. The molecule has 0 bridgehead atoms. The number of rotatable bonds is 4. The second-order valence-electron chi connectivity index (χ2n) is 5.37. The molecule has 0 aliphatic carbocycles. The van der Waals surface area contributed by atoms with Gasteiger partial charge in [0.2, 0.25) is 10.0 Å². The summed E-state index contributed by atoms with van der Waals surface area (Å²) in [6.45, 7) is 1.74. The number of hydrogen-bond acceptors (Lipinski definition) is 6. The highest BCUT2D eigenvalue weighted by atomic mass is 32.2. The van der Waals surface area contributed by atoms with Crippen molar-refractivity contribution in [2.24, 2.45) is 0 Å². The van der Waals surface area contributed by atoms with Crippen LogP contribution in [-0.4, -0.2) is 54.5 Å². The smallest absolute Gasteiger partial charge is 0.265 e. The molecule has 1 unspecified atom stereocenters. The second-order valence-corrected chi connectivity index (χ2v) is 8.34. The zero-order valence-corrected chi connectivity index (χ0v) is 14.6. The molecule has 0 aromatic heterocycles. The van der Waals surface area contributed by atoms with Crippen molar-refractivity contribution in [3.63, 3.8) is 0 Å². The first-order chi connectivity index (χ1) is 10.9. The Hall–Kier alpha value is -1.29. The minimum atomic E-state index is -3.88. The average Bonchev–Trinajstić information content (AvgIpc) is 2.77. The number of carbonyl (C=O) groups is 1. The number of amides is 1. The van der Waals surface area contributed by atoms with Crippen molar-refractivity contribution in [3.8, 4) is 5.75 Å². The maximum absolute atomic E-state index is 13.0. The van der Waals surface area contributed by atoms with Crippen molar-refractivity contribution >= 4 is 27.7 Å². The Kier molecular flexibility index (Phi) is 5.56. The summed E-state index contributed by atoms with van der Waals surface area (Å²) in [7, 11) is -2.38. The number of thioether (sulfide) groups is 1. The number of methoxy groups -OCH3 is 1. The molecule has 1 saturated heterocycles. The lowest BCUT2D eigenvalue weighted by Crippen LogP contribution is -2.59. The van der Waals surface area contributed by atoms with Crippen molar-refractivity contribution in [3.05, 3.63) is 24.3 Å². The van der Waals surface area contributed by atoms with Crippen LogP contribution in [0.5, 0.6) is 5.75 Å². The number of nitrogens with zero attached hydrogens (tertiary/aromatic N) is 1. The van der Waals surface area contributed by atoms with Gasteiger partial charge in [-0.15, -0.1) is 0 Å². The number of ether oxygens (including phenoxy) is 1. The molecule has 0 spiro atoms. The van der Waals surface area contributed by atoms with Gasteiger partial charge in [-0.3, -0.25) is 10.0 Å². The van der Waals surface area contributed by atoms with Gasteiger partial charge < -0.3 is 4.74 Å². The van der Waals surface area contributed by atoms with Gasteiger partial charge in [0.25, 0.3) is 5.91 Å². The molecule has 23 heavy (non-hydrogen) atoms. The van der Waals surface area contributed by atoms with E-state index in [0.29, 0.717) is 12.2 Å². The third-order valence-electron chi connectivity index (χ3n) is 3.82. The lowest BCUT2D eigenvalue weighted by atomic mass is 10.0. The summed E-state index contributed by atoms with van der Waals surface area (Å²) >= 11 is 1.49. The largest absolute Gasteiger partial charge is 0.497 e. The van der Waals surface area contributed by atoms with Crippen molar-refractivity contribution in [1.29, 1.82) is 0 Å². The molecular weight excluding hydrogens is 340 g/mol. The van der Waals surface area contributed by atoms with Gasteiger partial charge in [0.15, 0.2) is 0 Å². The van der Waals surface area contributed by atoms with Crippen molar-refractivity contribution in [1.82, 2.24) is 9.79 Å². The Morgan fingerprint density at radius 1 is 1.39 bits per heavy atom. The van der Waals surface area contributed by atoms with Gasteiger partial charge in [-0.25, -0.2) is 13.9 Å². The van der Waals surface area contributed by atoms with Crippen LogP contribution in [0.4, 0.5) is 0 Å². The Morgan fingerprint density at radius 3 is 2.61 bits per heavy atom. The van der Waals surface area contributed by atoms with Gasteiger partial charge >= 0.3 is 0 Å². The zero-order chi connectivity index (χ0) is 17.1. The van der Waals surface area contributed by atoms with Gasteiger partial charge in [0.1, 0.15) is 11.3 Å². The predicted octanol–water partition coefficient (Wildman–Crippen LogP) is 1.09. The van der Waals surface area contributed by atoms with Crippen LogP contribution in [0, 0.1) is 0 Å². The Balaban J connectivity index is 2.46. The zero-order valence-electron chi connectivity index (χ0n) is 13.0. The van der Waals surface area contributed by atoms with E-state index in [1.54, 1.807) is 17.6 Å². The SMILES string of the molecule is COc1ccc(S(=O)(=O)N2CCCSCC2(C)C(=O)NO)cc1. The Bertz CT molecular complexity index is 662. The van der Waals surface area contributed by atoms with Crippen molar-refractivity contribution in [2.45, 2.75) is 23.8 Å². The molecule has 1 fully saturated rings. The van der Waals surface area contributed by atoms with Crippen LogP contribution >= 0.6 is 11.8 Å². The summed E-state index contributed by atoms with van der Waals surface area (Å²) < 4.78 is 32.2. The van der Waals surface area contributed by atoms with Gasteiger partial charge in [0.05, 0.1) is 12.0 Å². The number of hydrogen-bond donors (Lipinski definition) is 2. The average molecular weight is 360 g/mol. The van der Waals surface area contributed by atoms with Crippen LogP contribution in [-0.2, 0) is 14.8 Å². The summed E-state index contributed by atoms with van der Waals surface area (Å²) in [5.74, 6) is 0.841.